The zero-order chi connectivity index (χ0) is 12.3. The van der Waals surface area contributed by atoms with Gasteiger partial charge in [-0.25, -0.2) is 0 Å². The van der Waals surface area contributed by atoms with Gasteiger partial charge in [0.05, 0.1) is 12.7 Å². The molecule has 2 heteroatoms. The first-order chi connectivity index (χ1) is 8.18. The Hall–Kier alpha value is -1.02. The minimum atomic E-state index is -0.613. The highest BCUT2D eigenvalue weighted by atomic mass is 16.5. The third-order valence-electron chi connectivity index (χ3n) is 4.14. The number of methoxy groups -OCH3 is 1. The summed E-state index contributed by atoms with van der Waals surface area (Å²) in [7, 11) is 1.66. The largest absolute Gasteiger partial charge is 0.497 e. The van der Waals surface area contributed by atoms with Crippen LogP contribution in [0.1, 0.15) is 44.6 Å². The zero-order valence-electron chi connectivity index (χ0n) is 10.8. The van der Waals surface area contributed by atoms with Crippen LogP contribution in [0, 0.1) is 5.92 Å². The van der Waals surface area contributed by atoms with Gasteiger partial charge in [-0.15, -0.1) is 0 Å². The molecule has 0 spiro atoms. The summed E-state index contributed by atoms with van der Waals surface area (Å²) in [6.45, 7) is 2.24. The molecule has 1 aromatic carbocycles. The van der Waals surface area contributed by atoms with Crippen molar-refractivity contribution < 1.29 is 9.84 Å². The monoisotopic (exact) mass is 234 g/mol. The molecule has 0 bridgehead atoms. The molecule has 2 rings (SSSR count). The van der Waals surface area contributed by atoms with Crippen molar-refractivity contribution >= 4 is 0 Å². The predicted octanol–water partition coefficient (Wildman–Crippen LogP) is 3.48. The van der Waals surface area contributed by atoms with Crippen LogP contribution < -0.4 is 4.74 Å². The van der Waals surface area contributed by atoms with Gasteiger partial charge in [0.25, 0.3) is 0 Å². The Morgan fingerprint density at radius 3 is 2.29 bits per heavy atom. The van der Waals surface area contributed by atoms with Gasteiger partial charge < -0.3 is 9.84 Å². The summed E-state index contributed by atoms with van der Waals surface area (Å²) < 4.78 is 5.14. The van der Waals surface area contributed by atoms with Crippen molar-refractivity contribution in [2.24, 2.45) is 5.92 Å². The second kappa shape index (κ2) is 5.09. The van der Waals surface area contributed by atoms with Gasteiger partial charge in [0.1, 0.15) is 5.75 Å². The first-order valence-electron chi connectivity index (χ1n) is 6.55. The standard InChI is InChI=1S/C15H22O2/c1-3-12-8-10-15(16,11-9-12)13-4-6-14(17-2)7-5-13/h4-7,12,16H,3,8-11H2,1-2H3. The minimum absolute atomic E-state index is 0.613. The van der Waals surface area contributed by atoms with E-state index in [0.29, 0.717) is 0 Å². The molecular weight excluding hydrogens is 212 g/mol. The normalized spacial score (nSPS) is 29.0. The predicted molar refractivity (Wildman–Crippen MR) is 69.1 cm³/mol. The van der Waals surface area contributed by atoms with Gasteiger partial charge in [0.2, 0.25) is 0 Å². The van der Waals surface area contributed by atoms with Crippen LogP contribution in [0.15, 0.2) is 24.3 Å². The van der Waals surface area contributed by atoms with Gasteiger partial charge in [-0.05, 0) is 49.3 Å². The molecule has 2 nitrogen and oxygen atoms in total. The SMILES string of the molecule is CCC1CCC(O)(c2ccc(OC)cc2)CC1. The summed E-state index contributed by atoms with van der Waals surface area (Å²) in [4.78, 5) is 0. The molecule has 0 unspecified atom stereocenters. The van der Waals surface area contributed by atoms with E-state index in [1.807, 2.05) is 24.3 Å². The molecule has 1 aliphatic rings. The van der Waals surface area contributed by atoms with Gasteiger partial charge in [0, 0.05) is 0 Å². The van der Waals surface area contributed by atoms with E-state index < -0.39 is 5.60 Å². The van der Waals surface area contributed by atoms with Crippen molar-refractivity contribution in [1.29, 1.82) is 0 Å². The van der Waals surface area contributed by atoms with Crippen molar-refractivity contribution in [2.75, 3.05) is 7.11 Å². The van der Waals surface area contributed by atoms with Crippen LogP contribution in [0.2, 0.25) is 0 Å². The summed E-state index contributed by atoms with van der Waals surface area (Å²) in [6, 6.07) is 7.84. The fourth-order valence-electron chi connectivity index (χ4n) is 2.75. The molecule has 1 saturated carbocycles. The van der Waals surface area contributed by atoms with Crippen LogP contribution >= 0.6 is 0 Å². The van der Waals surface area contributed by atoms with Crippen LogP contribution in [-0.4, -0.2) is 12.2 Å². The molecule has 1 aliphatic carbocycles. The number of benzene rings is 1. The summed E-state index contributed by atoms with van der Waals surface area (Å²) in [5.41, 5.74) is 0.422. The number of aliphatic hydroxyl groups is 1. The average Bonchev–Trinajstić information content (AvgIpc) is 2.40. The molecule has 0 radical (unpaired) electrons. The Morgan fingerprint density at radius 1 is 1.24 bits per heavy atom. The summed E-state index contributed by atoms with van der Waals surface area (Å²) in [5.74, 6) is 1.65. The molecular formula is C15H22O2. The molecule has 0 heterocycles. The molecule has 94 valence electrons. The summed E-state index contributed by atoms with van der Waals surface area (Å²) in [5, 5.41) is 10.7. The summed E-state index contributed by atoms with van der Waals surface area (Å²) in [6.07, 6.45) is 5.28. The fourth-order valence-corrected chi connectivity index (χ4v) is 2.75. The van der Waals surface area contributed by atoms with E-state index in [1.54, 1.807) is 7.11 Å². The van der Waals surface area contributed by atoms with E-state index in [-0.39, 0.29) is 0 Å². The Bertz CT molecular complexity index is 348. The van der Waals surface area contributed by atoms with Gasteiger partial charge in [-0.3, -0.25) is 0 Å². The lowest BCUT2D eigenvalue weighted by Crippen LogP contribution is -2.31. The molecule has 0 atom stereocenters. The van der Waals surface area contributed by atoms with Gasteiger partial charge in [-0.1, -0.05) is 25.5 Å². The highest BCUT2D eigenvalue weighted by Gasteiger charge is 2.34. The first-order valence-corrected chi connectivity index (χ1v) is 6.55. The van der Waals surface area contributed by atoms with Crippen LogP contribution in [0.4, 0.5) is 0 Å². The van der Waals surface area contributed by atoms with E-state index in [2.05, 4.69) is 6.92 Å². The maximum Gasteiger partial charge on any atom is 0.118 e. The topological polar surface area (TPSA) is 29.5 Å². The molecule has 0 amide bonds. The van der Waals surface area contributed by atoms with Gasteiger partial charge >= 0.3 is 0 Å². The quantitative estimate of drug-likeness (QED) is 0.867. The van der Waals surface area contributed by atoms with E-state index >= 15 is 0 Å². The molecule has 17 heavy (non-hydrogen) atoms. The number of hydrogen-bond donors (Lipinski definition) is 1. The third kappa shape index (κ3) is 2.63. The molecule has 1 fully saturated rings. The second-order valence-electron chi connectivity index (χ2n) is 5.11. The lowest BCUT2D eigenvalue weighted by atomic mass is 9.74. The number of rotatable bonds is 3. The molecule has 0 saturated heterocycles. The lowest BCUT2D eigenvalue weighted by Gasteiger charge is -2.36. The van der Waals surface area contributed by atoms with E-state index in [0.717, 1.165) is 42.9 Å². The highest BCUT2D eigenvalue weighted by Crippen LogP contribution is 2.40. The van der Waals surface area contributed by atoms with Crippen LogP contribution in [0.5, 0.6) is 5.75 Å². The Labute approximate surface area is 104 Å². The first kappa shape index (κ1) is 12.4. The number of ether oxygens (including phenoxy) is 1. The maximum atomic E-state index is 10.7. The Balaban J connectivity index is 2.10. The van der Waals surface area contributed by atoms with Crippen LogP contribution in [0.25, 0.3) is 0 Å². The molecule has 0 aromatic heterocycles. The molecule has 0 aliphatic heterocycles. The smallest absolute Gasteiger partial charge is 0.118 e. The fraction of sp³-hybridized carbons (Fsp3) is 0.600. The second-order valence-corrected chi connectivity index (χ2v) is 5.11. The molecule has 1 aromatic rings. The van der Waals surface area contributed by atoms with E-state index in [4.69, 9.17) is 4.74 Å². The van der Waals surface area contributed by atoms with Gasteiger partial charge in [-0.2, -0.15) is 0 Å². The van der Waals surface area contributed by atoms with Gasteiger partial charge in [0.15, 0.2) is 0 Å². The van der Waals surface area contributed by atoms with Crippen molar-refractivity contribution in [2.45, 2.75) is 44.6 Å². The Morgan fingerprint density at radius 2 is 1.82 bits per heavy atom. The third-order valence-corrected chi connectivity index (χ3v) is 4.14. The van der Waals surface area contributed by atoms with Crippen LogP contribution in [-0.2, 0) is 5.60 Å². The Kier molecular flexibility index (Phi) is 3.72. The number of hydrogen-bond acceptors (Lipinski definition) is 2. The molecule has 1 N–H and O–H groups in total. The zero-order valence-corrected chi connectivity index (χ0v) is 10.8. The highest BCUT2D eigenvalue weighted by molar-refractivity contribution is 5.31. The van der Waals surface area contributed by atoms with Crippen molar-refractivity contribution in [3.8, 4) is 5.75 Å². The van der Waals surface area contributed by atoms with Crippen molar-refractivity contribution in [1.82, 2.24) is 0 Å². The lowest BCUT2D eigenvalue weighted by molar-refractivity contribution is -0.0146. The summed E-state index contributed by atoms with van der Waals surface area (Å²) >= 11 is 0. The van der Waals surface area contributed by atoms with Crippen molar-refractivity contribution in [3.63, 3.8) is 0 Å². The average molecular weight is 234 g/mol. The van der Waals surface area contributed by atoms with E-state index in [1.165, 1.54) is 6.42 Å². The van der Waals surface area contributed by atoms with E-state index in [9.17, 15) is 5.11 Å². The van der Waals surface area contributed by atoms with Crippen molar-refractivity contribution in [3.05, 3.63) is 29.8 Å². The maximum absolute atomic E-state index is 10.7. The minimum Gasteiger partial charge on any atom is -0.497 e. The van der Waals surface area contributed by atoms with Crippen LogP contribution in [0.3, 0.4) is 0 Å².